The first-order valence-corrected chi connectivity index (χ1v) is 7.18. The molecule has 0 unspecified atom stereocenters. The largest absolute Gasteiger partial charge is 0.455 e. The molecule has 0 saturated carbocycles. The Morgan fingerprint density at radius 3 is 2.43 bits per heavy atom. The van der Waals surface area contributed by atoms with Crippen molar-refractivity contribution in [3.8, 4) is 11.5 Å². The molecule has 3 heteroatoms. The Kier molecular flexibility index (Phi) is 4.41. The quantitative estimate of drug-likeness (QED) is 0.759. The maximum atomic E-state index is 11.6. The lowest BCUT2D eigenvalue weighted by Crippen LogP contribution is -2.12. The Hall–Kier alpha value is -2.16. The topological polar surface area (TPSA) is 39.2 Å². The molecule has 0 atom stereocenters. The van der Waals surface area contributed by atoms with Crippen LogP contribution in [0.3, 0.4) is 0 Å². The van der Waals surface area contributed by atoms with Crippen molar-refractivity contribution in [2.45, 2.75) is 39.5 Å². The SMILES string of the molecule is CCC(=O)c1ccc(Oc2ccccc2C(C)(C)C)cn1. The Balaban J connectivity index is 2.25. The lowest BCUT2D eigenvalue weighted by molar-refractivity contribution is 0.0983. The number of aromatic nitrogens is 1. The van der Waals surface area contributed by atoms with Gasteiger partial charge >= 0.3 is 0 Å². The molecule has 1 heterocycles. The van der Waals surface area contributed by atoms with Crippen molar-refractivity contribution in [2.24, 2.45) is 0 Å². The van der Waals surface area contributed by atoms with Gasteiger partial charge in [-0.25, -0.2) is 4.98 Å². The van der Waals surface area contributed by atoms with Crippen LogP contribution in [0.15, 0.2) is 42.6 Å². The van der Waals surface area contributed by atoms with Gasteiger partial charge < -0.3 is 4.74 Å². The number of pyridine rings is 1. The maximum Gasteiger partial charge on any atom is 0.180 e. The Bertz CT molecular complexity index is 624. The zero-order valence-electron chi connectivity index (χ0n) is 13.0. The number of Topliss-reactive ketones (excluding diaryl/α,β-unsaturated/α-hetero) is 1. The van der Waals surface area contributed by atoms with Crippen molar-refractivity contribution in [1.82, 2.24) is 4.98 Å². The molecule has 0 amide bonds. The Morgan fingerprint density at radius 2 is 1.86 bits per heavy atom. The summed E-state index contributed by atoms with van der Waals surface area (Å²) in [6.45, 7) is 8.28. The number of carbonyl (C=O) groups is 1. The van der Waals surface area contributed by atoms with E-state index in [-0.39, 0.29) is 11.2 Å². The van der Waals surface area contributed by atoms with Crippen molar-refractivity contribution in [1.29, 1.82) is 0 Å². The fourth-order valence-electron chi connectivity index (χ4n) is 2.09. The van der Waals surface area contributed by atoms with Crippen molar-refractivity contribution in [3.63, 3.8) is 0 Å². The zero-order chi connectivity index (χ0) is 15.5. The first-order chi connectivity index (χ1) is 9.91. The van der Waals surface area contributed by atoms with Gasteiger partial charge in [0.2, 0.25) is 0 Å². The standard InChI is InChI=1S/C18H21NO2/c1-5-16(20)15-11-10-13(12-19-15)21-17-9-7-6-8-14(17)18(2,3)4/h6-12H,5H2,1-4H3. The molecule has 0 radical (unpaired) electrons. The second-order valence-corrected chi connectivity index (χ2v) is 6.00. The molecule has 2 rings (SSSR count). The van der Waals surface area contributed by atoms with Crippen LogP contribution in [-0.2, 0) is 5.41 Å². The van der Waals surface area contributed by atoms with E-state index in [4.69, 9.17) is 4.74 Å². The highest BCUT2D eigenvalue weighted by atomic mass is 16.5. The van der Waals surface area contributed by atoms with E-state index in [9.17, 15) is 4.79 Å². The van der Waals surface area contributed by atoms with Crippen LogP contribution in [0.4, 0.5) is 0 Å². The monoisotopic (exact) mass is 283 g/mol. The van der Waals surface area contributed by atoms with E-state index in [2.05, 4.69) is 31.8 Å². The van der Waals surface area contributed by atoms with Gasteiger partial charge in [0, 0.05) is 12.0 Å². The molecule has 21 heavy (non-hydrogen) atoms. The van der Waals surface area contributed by atoms with Crippen molar-refractivity contribution < 1.29 is 9.53 Å². The van der Waals surface area contributed by atoms with Crippen LogP contribution in [0.5, 0.6) is 11.5 Å². The average molecular weight is 283 g/mol. The third-order valence-electron chi connectivity index (χ3n) is 3.27. The van der Waals surface area contributed by atoms with Crippen LogP contribution in [0.2, 0.25) is 0 Å². The summed E-state index contributed by atoms with van der Waals surface area (Å²) >= 11 is 0. The van der Waals surface area contributed by atoms with Crippen LogP contribution in [0.25, 0.3) is 0 Å². The highest BCUT2D eigenvalue weighted by Crippen LogP contribution is 2.33. The van der Waals surface area contributed by atoms with E-state index >= 15 is 0 Å². The van der Waals surface area contributed by atoms with Gasteiger partial charge in [0.1, 0.15) is 17.2 Å². The summed E-state index contributed by atoms with van der Waals surface area (Å²) in [5.41, 5.74) is 1.62. The van der Waals surface area contributed by atoms with E-state index in [1.807, 2.05) is 25.1 Å². The number of carbonyl (C=O) groups excluding carboxylic acids is 1. The van der Waals surface area contributed by atoms with E-state index in [0.29, 0.717) is 17.9 Å². The van der Waals surface area contributed by atoms with Crippen molar-refractivity contribution >= 4 is 5.78 Å². The molecule has 0 aliphatic rings. The summed E-state index contributed by atoms with van der Waals surface area (Å²) < 4.78 is 5.93. The smallest absolute Gasteiger partial charge is 0.180 e. The Morgan fingerprint density at radius 1 is 1.14 bits per heavy atom. The van der Waals surface area contributed by atoms with Crippen LogP contribution in [0.1, 0.15) is 50.2 Å². The molecule has 0 spiro atoms. The number of benzene rings is 1. The highest BCUT2D eigenvalue weighted by molar-refractivity contribution is 5.93. The molecule has 2 aromatic rings. The third-order valence-corrected chi connectivity index (χ3v) is 3.27. The molecule has 1 aromatic carbocycles. The molecule has 1 aromatic heterocycles. The van der Waals surface area contributed by atoms with Gasteiger partial charge in [0.05, 0.1) is 6.20 Å². The van der Waals surface area contributed by atoms with Gasteiger partial charge in [-0.15, -0.1) is 0 Å². The summed E-state index contributed by atoms with van der Waals surface area (Å²) in [5, 5.41) is 0. The summed E-state index contributed by atoms with van der Waals surface area (Å²) in [6, 6.07) is 11.5. The van der Waals surface area contributed by atoms with Crippen LogP contribution in [0, 0.1) is 0 Å². The number of hydrogen-bond donors (Lipinski definition) is 0. The molecule has 0 fully saturated rings. The predicted octanol–water partition coefficient (Wildman–Crippen LogP) is 4.76. The number of hydrogen-bond acceptors (Lipinski definition) is 3. The molecule has 0 saturated heterocycles. The van der Waals surface area contributed by atoms with Gasteiger partial charge in [0.25, 0.3) is 0 Å². The van der Waals surface area contributed by atoms with E-state index in [1.165, 1.54) is 0 Å². The van der Waals surface area contributed by atoms with E-state index < -0.39 is 0 Å². The van der Waals surface area contributed by atoms with Gasteiger partial charge in [-0.2, -0.15) is 0 Å². The highest BCUT2D eigenvalue weighted by Gasteiger charge is 2.18. The summed E-state index contributed by atoms with van der Waals surface area (Å²) in [7, 11) is 0. The summed E-state index contributed by atoms with van der Waals surface area (Å²) in [4.78, 5) is 15.7. The minimum Gasteiger partial charge on any atom is -0.455 e. The maximum absolute atomic E-state index is 11.6. The fourth-order valence-corrected chi connectivity index (χ4v) is 2.09. The normalized spacial score (nSPS) is 11.2. The average Bonchev–Trinajstić information content (AvgIpc) is 2.47. The van der Waals surface area contributed by atoms with Gasteiger partial charge in [-0.3, -0.25) is 4.79 Å². The van der Waals surface area contributed by atoms with Gasteiger partial charge in [0.15, 0.2) is 5.78 Å². The van der Waals surface area contributed by atoms with Gasteiger partial charge in [-0.05, 0) is 23.6 Å². The van der Waals surface area contributed by atoms with Gasteiger partial charge in [-0.1, -0.05) is 45.9 Å². The molecular weight excluding hydrogens is 262 g/mol. The fraction of sp³-hybridized carbons (Fsp3) is 0.333. The molecule has 0 N–H and O–H groups in total. The molecule has 0 aliphatic carbocycles. The van der Waals surface area contributed by atoms with Crippen molar-refractivity contribution in [3.05, 3.63) is 53.9 Å². The molecular formula is C18H21NO2. The number of para-hydroxylation sites is 1. The molecule has 3 nitrogen and oxygen atoms in total. The summed E-state index contributed by atoms with van der Waals surface area (Å²) in [5.74, 6) is 1.50. The summed E-state index contributed by atoms with van der Waals surface area (Å²) in [6.07, 6.45) is 2.06. The first kappa shape index (κ1) is 15.2. The van der Waals surface area contributed by atoms with Crippen LogP contribution < -0.4 is 4.74 Å². The molecule has 0 aliphatic heterocycles. The molecule has 0 bridgehead atoms. The van der Waals surface area contributed by atoms with Crippen LogP contribution in [-0.4, -0.2) is 10.8 Å². The van der Waals surface area contributed by atoms with E-state index in [1.54, 1.807) is 18.3 Å². The predicted molar refractivity (Wildman–Crippen MR) is 84.1 cm³/mol. The lowest BCUT2D eigenvalue weighted by atomic mass is 9.86. The lowest BCUT2D eigenvalue weighted by Gasteiger charge is -2.22. The zero-order valence-corrected chi connectivity index (χ0v) is 13.0. The number of ketones is 1. The Labute approximate surface area is 126 Å². The minimum absolute atomic E-state index is 0.00212. The second-order valence-electron chi connectivity index (χ2n) is 6.00. The number of nitrogens with zero attached hydrogens (tertiary/aromatic N) is 1. The minimum atomic E-state index is 0.00212. The first-order valence-electron chi connectivity index (χ1n) is 7.18. The van der Waals surface area contributed by atoms with Crippen LogP contribution >= 0.6 is 0 Å². The number of rotatable bonds is 4. The van der Waals surface area contributed by atoms with Crippen molar-refractivity contribution in [2.75, 3.05) is 0 Å². The van der Waals surface area contributed by atoms with E-state index in [0.717, 1.165) is 11.3 Å². The third kappa shape index (κ3) is 3.69. The number of ether oxygens (including phenoxy) is 1. The second kappa shape index (κ2) is 6.08. The molecule has 110 valence electrons.